The van der Waals surface area contributed by atoms with Crippen LogP contribution in [0.2, 0.25) is 0 Å². The number of rotatable bonds is 4. The Hall–Kier alpha value is -2.53. The summed E-state index contributed by atoms with van der Waals surface area (Å²) in [7, 11) is 1.52. The molecule has 3 unspecified atom stereocenters. The second-order valence-electron chi connectivity index (χ2n) is 6.70. The van der Waals surface area contributed by atoms with Gasteiger partial charge in [-0.1, -0.05) is 49.4 Å². The maximum atomic E-state index is 12.8. The van der Waals surface area contributed by atoms with Gasteiger partial charge in [0, 0.05) is 13.5 Å². The van der Waals surface area contributed by atoms with Crippen LogP contribution in [0.5, 0.6) is 0 Å². The van der Waals surface area contributed by atoms with Crippen molar-refractivity contribution in [3.8, 4) is 0 Å². The van der Waals surface area contributed by atoms with Crippen LogP contribution in [0.3, 0.4) is 0 Å². The van der Waals surface area contributed by atoms with E-state index in [1.54, 1.807) is 4.90 Å². The number of hydrogen-bond donors (Lipinski definition) is 0. The quantitative estimate of drug-likeness (QED) is 0.797. The Balaban J connectivity index is 1.75. The average Bonchev–Trinajstić information content (AvgIpc) is 2.98. The SMILES string of the molecule is CCC1=CCC2N(C(C)c3cccc4ccccc34)C(=O)OC2(OC)O1. The second-order valence-corrected chi connectivity index (χ2v) is 6.70. The highest BCUT2D eigenvalue weighted by molar-refractivity contribution is 5.86. The zero-order valence-corrected chi connectivity index (χ0v) is 15.3. The minimum Gasteiger partial charge on any atom is -0.433 e. The summed E-state index contributed by atoms with van der Waals surface area (Å²) < 4.78 is 17.1. The van der Waals surface area contributed by atoms with E-state index in [0.29, 0.717) is 6.42 Å². The molecule has 3 atom stereocenters. The van der Waals surface area contributed by atoms with Crippen LogP contribution in [0.15, 0.2) is 54.3 Å². The molecule has 1 amide bonds. The van der Waals surface area contributed by atoms with Crippen molar-refractivity contribution in [2.24, 2.45) is 0 Å². The fourth-order valence-corrected chi connectivity index (χ4v) is 3.98. The van der Waals surface area contributed by atoms with Crippen LogP contribution >= 0.6 is 0 Å². The first-order chi connectivity index (χ1) is 12.6. The summed E-state index contributed by atoms with van der Waals surface area (Å²) in [6.07, 6.45) is 2.97. The van der Waals surface area contributed by atoms with Gasteiger partial charge < -0.3 is 14.2 Å². The first-order valence-corrected chi connectivity index (χ1v) is 9.01. The highest BCUT2D eigenvalue weighted by Gasteiger charge is 2.60. The fourth-order valence-electron chi connectivity index (χ4n) is 3.98. The summed E-state index contributed by atoms with van der Waals surface area (Å²) in [5.74, 6) is -0.577. The van der Waals surface area contributed by atoms with E-state index in [0.717, 1.165) is 28.5 Å². The lowest BCUT2D eigenvalue weighted by atomic mass is 9.96. The van der Waals surface area contributed by atoms with Crippen LogP contribution in [-0.2, 0) is 14.2 Å². The van der Waals surface area contributed by atoms with Crippen LogP contribution < -0.4 is 0 Å². The van der Waals surface area contributed by atoms with Crippen molar-refractivity contribution in [2.75, 3.05) is 7.11 Å². The second kappa shape index (κ2) is 6.32. The van der Waals surface area contributed by atoms with Crippen molar-refractivity contribution in [3.05, 3.63) is 59.9 Å². The molecule has 2 aromatic rings. The summed E-state index contributed by atoms with van der Waals surface area (Å²) in [6.45, 7) is 4.02. The Bertz CT molecular complexity index is 872. The standard InChI is InChI=1S/C21H23NO4/c1-4-16-12-13-19-21(24-3,25-16)26-20(23)22(19)14(2)17-11-7-9-15-8-5-6-10-18(15)17/h5-12,14,19H,4,13H2,1-3H3. The number of carbonyl (C=O) groups is 1. The lowest BCUT2D eigenvalue weighted by molar-refractivity contribution is -0.333. The molecule has 2 aliphatic heterocycles. The number of carbonyl (C=O) groups excluding carboxylic acids is 1. The molecule has 0 radical (unpaired) electrons. The summed E-state index contributed by atoms with van der Waals surface area (Å²) >= 11 is 0. The molecule has 0 aliphatic carbocycles. The van der Waals surface area contributed by atoms with E-state index in [2.05, 4.69) is 24.3 Å². The molecule has 2 heterocycles. The van der Waals surface area contributed by atoms with Crippen molar-refractivity contribution in [1.29, 1.82) is 0 Å². The maximum Gasteiger partial charge on any atom is 0.416 e. The third-order valence-corrected chi connectivity index (χ3v) is 5.35. The van der Waals surface area contributed by atoms with Gasteiger partial charge in [-0.3, -0.25) is 4.90 Å². The smallest absolute Gasteiger partial charge is 0.416 e. The number of nitrogens with zero attached hydrogens (tertiary/aromatic N) is 1. The van der Waals surface area contributed by atoms with E-state index >= 15 is 0 Å². The van der Waals surface area contributed by atoms with Gasteiger partial charge in [0.15, 0.2) is 0 Å². The van der Waals surface area contributed by atoms with E-state index in [-0.39, 0.29) is 12.1 Å². The van der Waals surface area contributed by atoms with Crippen molar-refractivity contribution < 1.29 is 19.0 Å². The van der Waals surface area contributed by atoms with Gasteiger partial charge in [0.2, 0.25) is 0 Å². The molecule has 136 valence electrons. The van der Waals surface area contributed by atoms with Gasteiger partial charge in [-0.2, -0.15) is 0 Å². The summed E-state index contributed by atoms with van der Waals surface area (Å²) in [5, 5.41) is 2.28. The number of benzene rings is 2. The van der Waals surface area contributed by atoms with Gasteiger partial charge in [-0.05, 0) is 35.8 Å². The molecule has 0 saturated carbocycles. The minimum absolute atomic E-state index is 0.171. The van der Waals surface area contributed by atoms with Crippen molar-refractivity contribution in [2.45, 2.75) is 44.7 Å². The summed E-state index contributed by atoms with van der Waals surface area (Å²) in [5.41, 5.74) is 1.08. The van der Waals surface area contributed by atoms with E-state index in [4.69, 9.17) is 14.2 Å². The molecule has 1 fully saturated rings. The molecule has 2 aliphatic rings. The third-order valence-electron chi connectivity index (χ3n) is 5.35. The number of amides is 1. The van der Waals surface area contributed by atoms with Crippen LogP contribution in [0.1, 0.15) is 38.3 Å². The molecule has 2 aromatic carbocycles. The molecule has 0 N–H and O–H groups in total. The van der Waals surface area contributed by atoms with E-state index in [1.165, 1.54) is 7.11 Å². The van der Waals surface area contributed by atoms with Gasteiger partial charge in [-0.15, -0.1) is 0 Å². The van der Waals surface area contributed by atoms with Gasteiger partial charge in [0.1, 0.15) is 6.04 Å². The monoisotopic (exact) mass is 353 g/mol. The van der Waals surface area contributed by atoms with Gasteiger partial charge in [0.05, 0.1) is 11.8 Å². The highest BCUT2D eigenvalue weighted by atomic mass is 16.9. The number of hydrogen-bond acceptors (Lipinski definition) is 4. The maximum absolute atomic E-state index is 12.8. The molecule has 0 spiro atoms. The van der Waals surface area contributed by atoms with Crippen molar-refractivity contribution in [3.63, 3.8) is 0 Å². The number of fused-ring (bicyclic) bond motifs is 2. The Labute approximate surface area is 153 Å². The molecular weight excluding hydrogens is 330 g/mol. The molecule has 5 heteroatoms. The lowest BCUT2D eigenvalue weighted by Crippen LogP contribution is -2.50. The van der Waals surface area contributed by atoms with E-state index in [9.17, 15) is 4.79 Å². The Morgan fingerprint density at radius 1 is 1.23 bits per heavy atom. The zero-order valence-electron chi connectivity index (χ0n) is 15.3. The summed E-state index contributed by atoms with van der Waals surface area (Å²) in [6, 6.07) is 13.8. The number of ether oxygens (including phenoxy) is 3. The molecule has 0 aromatic heterocycles. The normalized spacial score (nSPS) is 26.1. The Morgan fingerprint density at radius 2 is 2.00 bits per heavy atom. The minimum atomic E-state index is -1.37. The first kappa shape index (κ1) is 16.9. The topological polar surface area (TPSA) is 48.0 Å². The van der Waals surface area contributed by atoms with Crippen molar-refractivity contribution >= 4 is 16.9 Å². The van der Waals surface area contributed by atoms with Crippen molar-refractivity contribution in [1.82, 2.24) is 4.90 Å². The predicted octanol–water partition coefficient (Wildman–Crippen LogP) is 4.74. The molecule has 4 rings (SSSR count). The molecular formula is C21H23NO4. The van der Waals surface area contributed by atoms with Crippen LogP contribution in [0, 0.1) is 0 Å². The first-order valence-electron chi connectivity index (χ1n) is 9.01. The van der Waals surface area contributed by atoms with Crippen LogP contribution in [0.4, 0.5) is 4.79 Å². The zero-order chi connectivity index (χ0) is 18.3. The van der Waals surface area contributed by atoms with E-state index in [1.807, 2.05) is 38.1 Å². The highest BCUT2D eigenvalue weighted by Crippen LogP contribution is 2.44. The third kappa shape index (κ3) is 2.46. The largest absolute Gasteiger partial charge is 0.433 e. The molecule has 0 bridgehead atoms. The van der Waals surface area contributed by atoms with Crippen LogP contribution in [-0.4, -0.2) is 30.1 Å². The van der Waals surface area contributed by atoms with Gasteiger partial charge >= 0.3 is 12.1 Å². The molecule has 26 heavy (non-hydrogen) atoms. The lowest BCUT2D eigenvalue weighted by Gasteiger charge is -2.37. The van der Waals surface area contributed by atoms with Crippen LogP contribution in [0.25, 0.3) is 10.8 Å². The molecule has 1 saturated heterocycles. The van der Waals surface area contributed by atoms with E-state index < -0.39 is 12.1 Å². The number of allylic oxidation sites excluding steroid dienone is 1. The van der Waals surface area contributed by atoms with Gasteiger partial charge in [0.25, 0.3) is 0 Å². The Morgan fingerprint density at radius 3 is 2.77 bits per heavy atom. The average molecular weight is 353 g/mol. The van der Waals surface area contributed by atoms with Gasteiger partial charge in [-0.25, -0.2) is 4.79 Å². The molecule has 5 nitrogen and oxygen atoms in total. The Kier molecular flexibility index (Phi) is 4.11. The summed E-state index contributed by atoms with van der Waals surface area (Å²) in [4.78, 5) is 14.5. The number of methoxy groups -OCH3 is 1. The predicted molar refractivity (Wildman–Crippen MR) is 98.3 cm³/mol. The fraction of sp³-hybridized carbons (Fsp3) is 0.381.